The minimum absolute atomic E-state index is 0.0518. The maximum atomic E-state index is 14.4. The van der Waals surface area contributed by atoms with Crippen LogP contribution in [0, 0.1) is 10.1 Å². The molecule has 0 aliphatic heterocycles. The summed E-state index contributed by atoms with van der Waals surface area (Å²) in [5, 5.41) is 14.4. The number of hydrazine groups is 1. The molecule has 11 nitrogen and oxygen atoms in total. The highest BCUT2D eigenvalue weighted by Crippen LogP contribution is 2.40. The van der Waals surface area contributed by atoms with Crippen molar-refractivity contribution in [2.75, 3.05) is 5.32 Å². The van der Waals surface area contributed by atoms with Gasteiger partial charge in [0.15, 0.2) is 0 Å². The molecule has 0 bridgehead atoms. The lowest BCUT2D eigenvalue weighted by atomic mass is 9.93. The van der Waals surface area contributed by atoms with E-state index >= 15 is 0 Å². The van der Waals surface area contributed by atoms with Crippen LogP contribution >= 0.6 is 0 Å². The van der Waals surface area contributed by atoms with Crippen LogP contribution < -0.4 is 16.2 Å². The highest BCUT2D eigenvalue weighted by atomic mass is 19.4. The third-order valence-corrected chi connectivity index (χ3v) is 7.51. The normalized spacial score (nSPS) is 13.7. The van der Waals surface area contributed by atoms with E-state index in [9.17, 15) is 46.0 Å². The number of amides is 2. The Bertz CT molecular complexity index is 1700. The molecule has 1 aromatic heterocycles. The van der Waals surface area contributed by atoms with Crippen LogP contribution in [0.15, 0.2) is 92.0 Å². The SMILES string of the molecule is C=CCC(OCc1ccccc1)C(C)(C)Nc1nc(C(=O)NNC(=O)C(CC=C)(OCc2ccccc2)C(F)(F)F)c([N+](=O)[O-])cc1C(F)(F)F. The first-order valence-electron chi connectivity index (χ1n) is 15.1. The summed E-state index contributed by atoms with van der Waals surface area (Å²) >= 11 is 0. The van der Waals surface area contributed by atoms with Crippen LogP contribution in [0.2, 0.25) is 0 Å². The molecule has 274 valence electrons. The Morgan fingerprint density at radius 2 is 1.49 bits per heavy atom. The molecule has 2 unspecified atom stereocenters. The van der Waals surface area contributed by atoms with Crippen LogP contribution in [0.25, 0.3) is 0 Å². The first kappa shape index (κ1) is 40.1. The second-order valence-electron chi connectivity index (χ2n) is 11.7. The number of benzene rings is 2. The maximum absolute atomic E-state index is 14.4. The van der Waals surface area contributed by atoms with Crippen molar-refractivity contribution in [3.05, 3.63) is 125 Å². The standard InChI is InChI=1S/C34H35F6N5O6/c1-5-13-26(50-20-22-14-9-7-10-15-22)31(3,4)42-28-24(33(35,36)37)19-25(45(48)49)27(41-28)29(46)43-44-30(47)32(18-6-2,34(38,39)40)51-21-23-16-11-8-12-17-23/h5-12,14-17,19,26H,1-2,13,18,20-21H2,3-4H3,(H,41,42)(H,43,46)(H,44,47). The number of pyridine rings is 1. The molecule has 0 saturated heterocycles. The average Bonchev–Trinajstić information content (AvgIpc) is 3.06. The summed E-state index contributed by atoms with van der Waals surface area (Å²) in [4.78, 5) is 40.4. The number of carbonyl (C=O) groups excluding carboxylic acids is 2. The van der Waals surface area contributed by atoms with Gasteiger partial charge in [-0.3, -0.25) is 30.6 Å². The number of nitrogens with one attached hydrogen (secondary N) is 3. The minimum atomic E-state index is -5.38. The molecular formula is C34H35F6N5O6. The summed E-state index contributed by atoms with van der Waals surface area (Å²) in [6, 6.07) is 16.4. The van der Waals surface area contributed by atoms with Gasteiger partial charge in [0.1, 0.15) is 11.4 Å². The molecule has 2 amide bonds. The predicted molar refractivity (Wildman–Crippen MR) is 174 cm³/mol. The molecule has 17 heteroatoms. The van der Waals surface area contributed by atoms with Crippen molar-refractivity contribution < 1.29 is 50.3 Å². The van der Waals surface area contributed by atoms with Gasteiger partial charge in [-0.05, 0) is 31.4 Å². The molecule has 0 fully saturated rings. The summed E-state index contributed by atoms with van der Waals surface area (Å²) in [5.41, 5.74) is -5.21. The third kappa shape index (κ3) is 10.1. The van der Waals surface area contributed by atoms with E-state index in [1.165, 1.54) is 49.6 Å². The summed E-state index contributed by atoms with van der Waals surface area (Å²) in [7, 11) is 0. The van der Waals surface area contributed by atoms with Crippen molar-refractivity contribution in [2.45, 2.75) is 69.5 Å². The van der Waals surface area contributed by atoms with Gasteiger partial charge in [-0.15, -0.1) is 13.2 Å². The molecule has 0 spiro atoms. The fourth-order valence-electron chi connectivity index (χ4n) is 4.80. The molecule has 3 aromatic rings. The van der Waals surface area contributed by atoms with Crippen molar-refractivity contribution in [3.8, 4) is 0 Å². The van der Waals surface area contributed by atoms with Gasteiger partial charge in [-0.25, -0.2) is 4.98 Å². The van der Waals surface area contributed by atoms with Gasteiger partial charge in [0, 0.05) is 12.5 Å². The van der Waals surface area contributed by atoms with Gasteiger partial charge in [0.05, 0.1) is 29.8 Å². The van der Waals surface area contributed by atoms with E-state index in [-0.39, 0.29) is 24.7 Å². The number of nitro groups is 1. The summed E-state index contributed by atoms with van der Waals surface area (Å²) in [5.74, 6) is -4.68. The molecule has 2 aromatic carbocycles. The van der Waals surface area contributed by atoms with E-state index in [1.807, 2.05) is 0 Å². The monoisotopic (exact) mass is 723 g/mol. The van der Waals surface area contributed by atoms with Crippen molar-refractivity contribution in [1.82, 2.24) is 15.8 Å². The zero-order chi connectivity index (χ0) is 38.0. The number of alkyl halides is 6. The van der Waals surface area contributed by atoms with Gasteiger partial charge in [-0.2, -0.15) is 26.3 Å². The quantitative estimate of drug-likeness (QED) is 0.0609. The Hall–Kier alpha value is -5.29. The van der Waals surface area contributed by atoms with Crippen molar-refractivity contribution in [2.24, 2.45) is 0 Å². The van der Waals surface area contributed by atoms with Crippen LogP contribution in [0.4, 0.5) is 37.8 Å². The molecule has 2 atom stereocenters. The minimum Gasteiger partial charge on any atom is -0.371 e. The molecule has 0 radical (unpaired) electrons. The van der Waals surface area contributed by atoms with Crippen LogP contribution in [0.5, 0.6) is 0 Å². The number of hydrogen-bond acceptors (Lipinski definition) is 8. The van der Waals surface area contributed by atoms with Gasteiger partial charge in [0.25, 0.3) is 11.8 Å². The van der Waals surface area contributed by atoms with E-state index in [4.69, 9.17) is 9.47 Å². The second-order valence-corrected chi connectivity index (χ2v) is 11.7. The zero-order valence-corrected chi connectivity index (χ0v) is 27.4. The lowest BCUT2D eigenvalue weighted by Gasteiger charge is -2.36. The first-order valence-corrected chi connectivity index (χ1v) is 15.1. The summed E-state index contributed by atoms with van der Waals surface area (Å²) in [6.45, 7) is 9.17. The van der Waals surface area contributed by atoms with Gasteiger partial charge in [-0.1, -0.05) is 72.8 Å². The van der Waals surface area contributed by atoms with E-state index in [2.05, 4.69) is 23.5 Å². The lowest BCUT2D eigenvalue weighted by Crippen LogP contribution is -2.61. The highest BCUT2D eigenvalue weighted by molar-refractivity contribution is 5.98. The molecular weight excluding hydrogens is 688 g/mol. The molecule has 51 heavy (non-hydrogen) atoms. The van der Waals surface area contributed by atoms with E-state index < -0.39 is 82.1 Å². The topological polar surface area (TPSA) is 145 Å². The zero-order valence-electron chi connectivity index (χ0n) is 27.4. The maximum Gasteiger partial charge on any atom is 0.427 e. The smallest absolute Gasteiger partial charge is 0.371 e. The molecule has 0 aliphatic carbocycles. The summed E-state index contributed by atoms with van der Waals surface area (Å²) < 4.78 is 97.0. The van der Waals surface area contributed by atoms with E-state index in [0.29, 0.717) is 0 Å². The van der Waals surface area contributed by atoms with Gasteiger partial charge in [0.2, 0.25) is 11.3 Å². The Morgan fingerprint density at radius 3 is 1.98 bits per heavy atom. The predicted octanol–water partition coefficient (Wildman–Crippen LogP) is 7.22. The van der Waals surface area contributed by atoms with Crippen LogP contribution in [0.3, 0.4) is 0 Å². The number of rotatable bonds is 16. The van der Waals surface area contributed by atoms with Crippen LogP contribution in [-0.4, -0.2) is 45.1 Å². The number of hydrogen-bond donors (Lipinski definition) is 3. The average molecular weight is 724 g/mol. The molecule has 0 aliphatic rings. The number of halogens is 6. The van der Waals surface area contributed by atoms with Crippen molar-refractivity contribution >= 4 is 23.3 Å². The first-order chi connectivity index (χ1) is 23.9. The summed E-state index contributed by atoms with van der Waals surface area (Å²) in [6.07, 6.45) is -10.2. The van der Waals surface area contributed by atoms with E-state index in [0.717, 1.165) is 11.6 Å². The number of anilines is 1. The Balaban J connectivity index is 1.97. The van der Waals surface area contributed by atoms with Crippen molar-refractivity contribution in [3.63, 3.8) is 0 Å². The molecule has 0 saturated carbocycles. The number of ether oxygens (including phenoxy) is 2. The number of carbonyl (C=O) groups is 2. The number of nitrogens with zero attached hydrogens (tertiary/aromatic N) is 2. The Morgan fingerprint density at radius 1 is 0.922 bits per heavy atom. The van der Waals surface area contributed by atoms with Crippen LogP contribution in [-0.2, 0) is 33.7 Å². The highest BCUT2D eigenvalue weighted by Gasteiger charge is 2.61. The van der Waals surface area contributed by atoms with Crippen molar-refractivity contribution in [1.29, 1.82) is 0 Å². The number of aromatic nitrogens is 1. The molecule has 3 rings (SSSR count). The van der Waals surface area contributed by atoms with Crippen LogP contribution in [0.1, 0.15) is 53.9 Å². The van der Waals surface area contributed by atoms with E-state index in [1.54, 1.807) is 41.8 Å². The second kappa shape index (κ2) is 16.6. The Kier molecular flexibility index (Phi) is 13.1. The molecule has 3 N–H and O–H groups in total. The third-order valence-electron chi connectivity index (χ3n) is 7.51. The Labute approximate surface area is 288 Å². The fraction of sp³-hybridized carbons (Fsp3) is 0.324. The van der Waals surface area contributed by atoms with Gasteiger partial charge >= 0.3 is 18.0 Å². The molecule has 1 heterocycles. The van der Waals surface area contributed by atoms with Gasteiger partial charge < -0.3 is 14.8 Å². The largest absolute Gasteiger partial charge is 0.427 e. The fourth-order valence-corrected chi connectivity index (χ4v) is 4.80. The lowest BCUT2D eigenvalue weighted by molar-refractivity contribution is -0.385.